The van der Waals surface area contributed by atoms with Crippen LogP contribution in [-0.2, 0) is 0 Å². The van der Waals surface area contributed by atoms with E-state index in [1.54, 1.807) is 5.57 Å². The zero-order chi connectivity index (χ0) is 13.1. The van der Waals surface area contributed by atoms with Gasteiger partial charge in [0, 0.05) is 18.0 Å². The van der Waals surface area contributed by atoms with Gasteiger partial charge in [-0.25, -0.2) is 0 Å². The summed E-state index contributed by atoms with van der Waals surface area (Å²) in [7, 11) is 2.21. The van der Waals surface area contributed by atoms with Gasteiger partial charge in [-0.3, -0.25) is 0 Å². The lowest BCUT2D eigenvalue weighted by Crippen LogP contribution is -2.26. The topological polar surface area (TPSA) is 3.24 Å². The first-order chi connectivity index (χ1) is 9.34. The number of benzene rings is 1. The first-order valence-electron chi connectivity index (χ1n) is 6.84. The van der Waals surface area contributed by atoms with Gasteiger partial charge in [0.15, 0.2) is 0 Å². The van der Waals surface area contributed by atoms with E-state index in [9.17, 15) is 0 Å². The van der Waals surface area contributed by atoms with Crippen LogP contribution in [0.5, 0.6) is 0 Å². The highest BCUT2D eigenvalue weighted by Gasteiger charge is 2.17. The molecule has 0 aliphatic carbocycles. The molecule has 0 N–H and O–H groups in total. The fourth-order valence-electron chi connectivity index (χ4n) is 2.68. The highest BCUT2D eigenvalue weighted by Crippen LogP contribution is 2.34. The average molecular weight is 269 g/mol. The molecule has 0 atom stereocenters. The Morgan fingerprint density at radius 3 is 2.37 bits per heavy atom. The second-order valence-corrected chi connectivity index (χ2v) is 6.07. The summed E-state index contributed by atoms with van der Waals surface area (Å²) in [5.74, 6) is 0. The lowest BCUT2D eigenvalue weighted by Gasteiger charge is -2.26. The maximum absolute atomic E-state index is 2.42. The summed E-state index contributed by atoms with van der Waals surface area (Å²) in [5, 5.41) is 2.17. The van der Waals surface area contributed by atoms with Gasteiger partial charge in [0.25, 0.3) is 0 Å². The third kappa shape index (κ3) is 2.80. The Hall–Kier alpha value is -1.38. The highest BCUT2D eigenvalue weighted by atomic mass is 32.1. The van der Waals surface area contributed by atoms with E-state index in [1.165, 1.54) is 41.9 Å². The van der Waals surface area contributed by atoms with E-state index in [2.05, 4.69) is 59.8 Å². The molecule has 1 aliphatic heterocycles. The summed E-state index contributed by atoms with van der Waals surface area (Å²) in [6, 6.07) is 15.2. The van der Waals surface area contributed by atoms with Crippen molar-refractivity contribution in [2.75, 3.05) is 20.1 Å². The van der Waals surface area contributed by atoms with Crippen LogP contribution in [0, 0.1) is 0 Å². The molecule has 1 nitrogen and oxygen atoms in total. The molecule has 0 radical (unpaired) electrons. The molecule has 98 valence electrons. The summed E-state index contributed by atoms with van der Waals surface area (Å²) < 4.78 is 0. The minimum atomic E-state index is 1.18. The Morgan fingerprint density at radius 1 is 1.00 bits per heavy atom. The van der Waals surface area contributed by atoms with Crippen LogP contribution in [0.4, 0.5) is 0 Å². The molecule has 0 amide bonds. The van der Waals surface area contributed by atoms with Gasteiger partial charge in [-0.05, 0) is 42.5 Å². The maximum Gasteiger partial charge on any atom is 0.0348 e. The number of hydrogen-bond acceptors (Lipinski definition) is 2. The smallest absolute Gasteiger partial charge is 0.0348 e. The molecule has 0 unspecified atom stereocenters. The van der Waals surface area contributed by atoms with E-state index in [4.69, 9.17) is 0 Å². The van der Waals surface area contributed by atoms with E-state index >= 15 is 0 Å². The molecule has 1 aromatic carbocycles. The summed E-state index contributed by atoms with van der Waals surface area (Å²) in [6.45, 7) is 2.36. The van der Waals surface area contributed by atoms with E-state index in [-0.39, 0.29) is 0 Å². The standard InChI is InChI=1S/C17H19NS/c1-18-11-9-15(10-12-18)17(16-8-5-13-19-16)14-6-3-2-4-7-14/h2-8,13H,9-12H2,1H3. The summed E-state index contributed by atoms with van der Waals surface area (Å²) in [6.07, 6.45) is 2.39. The number of nitrogens with zero attached hydrogens (tertiary/aromatic N) is 1. The number of thiophene rings is 1. The summed E-state index contributed by atoms with van der Waals surface area (Å²) >= 11 is 1.85. The van der Waals surface area contributed by atoms with Crippen molar-refractivity contribution in [1.82, 2.24) is 4.90 Å². The van der Waals surface area contributed by atoms with Gasteiger partial charge in [-0.15, -0.1) is 11.3 Å². The van der Waals surface area contributed by atoms with Crippen molar-refractivity contribution in [2.45, 2.75) is 12.8 Å². The number of hydrogen-bond donors (Lipinski definition) is 0. The molecule has 0 bridgehead atoms. The molecule has 2 aromatic rings. The Balaban J connectivity index is 2.05. The first-order valence-corrected chi connectivity index (χ1v) is 7.72. The van der Waals surface area contributed by atoms with E-state index in [1.807, 2.05) is 11.3 Å². The van der Waals surface area contributed by atoms with Crippen molar-refractivity contribution in [2.24, 2.45) is 0 Å². The van der Waals surface area contributed by atoms with Crippen LogP contribution in [0.1, 0.15) is 23.3 Å². The molecule has 0 spiro atoms. The van der Waals surface area contributed by atoms with Crippen molar-refractivity contribution in [3.63, 3.8) is 0 Å². The Kier molecular flexibility index (Phi) is 3.81. The normalized spacial score (nSPS) is 16.6. The van der Waals surface area contributed by atoms with Crippen molar-refractivity contribution in [3.8, 4) is 0 Å². The zero-order valence-corrected chi connectivity index (χ0v) is 12.1. The molecule has 1 aliphatic rings. The van der Waals surface area contributed by atoms with Gasteiger partial charge in [0.2, 0.25) is 0 Å². The molecule has 3 rings (SSSR count). The Bertz CT molecular complexity index is 544. The molecule has 0 saturated carbocycles. The predicted molar refractivity (Wildman–Crippen MR) is 83.5 cm³/mol. The Morgan fingerprint density at radius 2 is 1.74 bits per heavy atom. The average Bonchev–Trinajstić information content (AvgIpc) is 2.96. The lowest BCUT2D eigenvalue weighted by atomic mass is 9.92. The van der Waals surface area contributed by atoms with E-state index < -0.39 is 0 Å². The van der Waals surface area contributed by atoms with Crippen LogP contribution in [-0.4, -0.2) is 25.0 Å². The van der Waals surface area contributed by atoms with Crippen LogP contribution in [0.25, 0.3) is 5.57 Å². The van der Waals surface area contributed by atoms with Gasteiger partial charge in [-0.2, -0.15) is 0 Å². The first kappa shape index (κ1) is 12.6. The fourth-order valence-corrected chi connectivity index (χ4v) is 3.53. The van der Waals surface area contributed by atoms with Gasteiger partial charge in [0.05, 0.1) is 0 Å². The fraction of sp³-hybridized carbons (Fsp3) is 0.294. The van der Waals surface area contributed by atoms with Gasteiger partial charge in [-0.1, -0.05) is 42.0 Å². The molecule has 2 heterocycles. The molecule has 19 heavy (non-hydrogen) atoms. The van der Waals surface area contributed by atoms with Crippen LogP contribution in [0.15, 0.2) is 53.4 Å². The van der Waals surface area contributed by atoms with Crippen molar-refractivity contribution >= 4 is 16.9 Å². The third-order valence-corrected chi connectivity index (χ3v) is 4.66. The Labute approximate surface area is 119 Å². The minimum Gasteiger partial charge on any atom is -0.306 e. The van der Waals surface area contributed by atoms with Crippen molar-refractivity contribution < 1.29 is 0 Å². The molecular formula is C17H19NS. The van der Waals surface area contributed by atoms with Crippen molar-refractivity contribution in [1.29, 1.82) is 0 Å². The van der Waals surface area contributed by atoms with Crippen LogP contribution >= 0.6 is 11.3 Å². The predicted octanol–water partition coefficient (Wildman–Crippen LogP) is 4.28. The van der Waals surface area contributed by atoms with Crippen LogP contribution in [0.3, 0.4) is 0 Å². The second-order valence-electron chi connectivity index (χ2n) is 5.13. The minimum absolute atomic E-state index is 1.18. The maximum atomic E-state index is 2.42. The van der Waals surface area contributed by atoms with E-state index in [0.717, 1.165) is 0 Å². The molecular weight excluding hydrogens is 250 g/mol. The number of likely N-dealkylation sites (tertiary alicyclic amines) is 1. The molecule has 1 saturated heterocycles. The number of rotatable bonds is 2. The largest absolute Gasteiger partial charge is 0.306 e. The summed E-state index contributed by atoms with van der Waals surface area (Å²) in [5.41, 5.74) is 4.46. The summed E-state index contributed by atoms with van der Waals surface area (Å²) in [4.78, 5) is 3.83. The number of piperidine rings is 1. The van der Waals surface area contributed by atoms with Crippen LogP contribution < -0.4 is 0 Å². The van der Waals surface area contributed by atoms with Crippen molar-refractivity contribution in [3.05, 3.63) is 63.9 Å². The quantitative estimate of drug-likeness (QED) is 0.786. The van der Waals surface area contributed by atoms with Gasteiger partial charge >= 0.3 is 0 Å². The second kappa shape index (κ2) is 5.72. The SMILES string of the molecule is CN1CCC(=C(c2ccccc2)c2cccs2)CC1. The van der Waals surface area contributed by atoms with E-state index in [0.29, 0.717) is 0 Å². The monoisotopic (exact) mass is 269 g/mol. The van der Waals surface area contributed by atoms with Gasteiger partial charge < -0.3 is 4.90 Å². The molecule has 2 heteroatoms. The third-order valence-electron chi connectivity index (χ3n) is 3.77. The molecule has 1 fully saturated rings. The highest BCUT2D eigenvalue weighted by molar-refractivity contribution is 7.11. The van der Waals surface area contributed by atoms with Gasteiger partial charge in [0.1, 0.15) is 0 Å². The lowest BCUT2D eigenvalue weighted by molar-refractivity contribution is 0.313. The zero-order valence-electron chi connectivity index (χ0n) is 11.3. The molecule has 1 aromatic heterocycles. The van der Waals surface area contributed by atoms with Crippen LogP contribution in [0.2, 0.25) is 0 Å².